The van der Waals surface area contributed by atoms with Gasteiger partial charge in [-0.25, -0.2) is 0 Å². The third kappa shape index (κ3) is 30.4. The van der Waals surface area contributed by atoms with Gasteiger partial charge in [0.2, 0.25) is 5.91 Å². The van der Waals surface area contributed by atoms with Crippen molar-refractivity contribution in [3.63, 3.8) is 0 Å². The predicted octanol–water partition coefficient (Wildman–Crippen LogP) is 10.2. The number of rotatable bonds is 32. The van der Waals surface area contributed by atoms with E-state index in [9.17, 15) is 9.59 Å². The number of hydrogen-bond donors (Lipinski definition) is 0. The van der Waals surface area contributed by atoms with Gasteiger partial charge in [0, 0.05) is 19.4 Å². The molecular weight excluding hydrogens is 520 g/mol. The van der Waals surface area contributed by atoms with Crippen molar-refractivity contribution in [1.82, 2.24) is 4.90 Å². The van der Waals surface area contributed by atoms with Crippen LogP contribution in [-0.2, 0) is 14.3 Å². The Morgan fingerprint density at radius 3 is 1.33 bits per heavy atom. The van der Waals surface area contributed by atoms with Crippen molar-refractivity contribution in [1.29, 1.82) is 0 Å². The summed E-state index contributed by atoms with van der Waals surface area (Å²) in [5.41, 5.74) is 0. The summed E-state index contributed by atoms with van der Waals surface area (Å²) in [5, 5.41) is 0. The van der Waals surface area contributed by atoms with Gasteiger partial charge in [0.1, 0.15) is 6.61 Å². The van der Waals surface area contributed by atoms with E-state index in [4.69, 9.17) is 4.74 Å². The van der Waals surface area contributed by atoms with Gasteiger partial charge < -0.3 is 14.1 Å². The average Bonchev–Trinajstić information content (AvgIpc) is 2.95. The molecule has 0 aliphatic carbocycles. The van der Waals surface area contributed by atoms with Crippen molar-refractivity contribution in [2.24, 2.45) is 0 Å². The van der Waals surface area contributed by atoms with E-state index in [1.807, 2.05) is 4.90 Å². The van der Waals surface area contributed by atoms with E-state index >= 15 is 0 Å². The molecule has 0 fully saturated rings. The molecule has 5 heteroatoms. The molecule has 0 spiro atoms. The molecule has 0 saturated carbocycles. The van der Waals surface area contributed by atoms with Crippen LogP contribution >= 0.6 is 0 Å². The maximum Gasteiger partial charge on any atom is 0.305 e. The van der Waals surface area contributed by atoms with Crippen molar-refractivity contribution in [3.05, 3.63) is 0 Å². The van der Waals surface area contributed by atoms with E-state index in [1.165, 1.54) is 116 Å². The maximum atomic E-state index is 13.0. The van der Waals surface area contributed by atoms with Gasteiger partial charge in [-0.1, -0.05) is 142 Å². The van der Waals surface area contributed by atoms with Crippen LogP contribution in [0.25, 0.3) is 0 Å². The number of nitrogens with zero attached hydrogens (tertiary/aromatic N) is 2. The third-order valence-electron chi connectivity index (χ3n) is 8.46. The lowest BCUT2D eigenvalue weighted by Crippen LogP contribution is -2.37. The molecule has 0 aromatic rings. The molecule has 0 N–H and O–H groups in total. The van der Waals surface area contributed by atoms with E-state index in [1.54, 1.807) is 0 Å². The van der Waals surface area contributed by atoms with E-state index < -0.39 is 0 Å². The standard InChI is InChI=1S/C37H75N2O3/c1-6-8-10-12-14-16-18-20-22-24-26-30-36(40)38(32-28-29-34-39(3,4)5)33-35-42-37(41)31-27-25-23-21-19-17-15-13-11-9-7-2/h6-35H2,1-5H3/q+1. The summed E-state index contributed by atoms with van der Waals surface area (Å²) in [4.78, 5) is 27.3. The Kier molecular flexibility index (Phi) is 29.2. The highest BCUT2D eigenvalue weighted by molar-refractivity contribution is 5.76. The minimum atomic E-state index is -0.103. The molecule has 250 valence electrons. The molecule has 0 bridgehead atoms. The van der Waals surface area contributed by atoms with Crippen molar-refractivity contribution in [3.8, 4) is 0 Å². The van der Waals surface area contributed by atoms with Crippen molar-refractivity contribution in [2.75, 3.05) is 47.4 Å². The normalized spacial score (nSPS) is 11.6. The van der Waals surface area contributed by atoms with Gasteiger partial charge >= 0.3 is 5.97 Å². The Balaban J connectivity index is 4.10. The van der Waals surface area contributed by atoms with Gasteiger partial charge in [-0.15, -0.1) is 0 Å². The van der Waals surface area contributed by atoms with Crippen molar-refractivity contribution in [2.45, 2.75) is 181 Å². The van der Waals surface area contributed by atoms with Crippen LogP contribution in [0.3, 0.4) is 0 Å². The van der Waals surface area contributed by atoms with Crippen LogP contribution in [0, 0.1) is 0 Å². The Labute approximate surface area is 263 Å². The van der Waals surface area contributed by atoms with Gasteiger partial charge in [0.15, 0.2) is 0 Å². The predicted molar refractivity (Wildman–Crippen MR) is 182 cm³/mol. The Morgan fingerprint density at radius 1 is 0.500 bits per heavy atom. The van der Waals surface area contributed by atoms with E-state index in [0.29, 0.717) is 26.0 Å². The molecule has 42 heavy (non-hydrogen) atoms. The number of hydrogen-bond acceptors (Lipinski definition) is 3. The number of carbonyl (C=O) groups excluding carboxylic acids is 2. The number of carbonyl (C=O) groups is 2. The molecule has 0 aromatic carbocycles. The van der Waals surface area contributed by atoms with Crippen LogP contribution in [0.2, 0.25) is 0 Å². The van der Waals surface area contributed by atoms with Gasteiger partial charge in [0.25, 0.3) is 0 Å². The number of quaternary nitrogens is 1. The summed E-state index contributed by atoms with van der Waals surface area (Å²) in [6.07, 6.45) is 31.5. The van der Waals surface area contributed by atoms with Crippen LogP contribution in [0.15, 0.2) is 0 Å². The Bertz CT molecular complexity index is 602. The second-order valence-electron chi connectivity index (χ2n) is 13.9. The lowest BCUT2D eigenvalue weighted by atomic mass is 10.1. The van der Waals surface area contributed by atoms with Crippen molar-refractivity contribution >= 4 is 11.9 Å². The molecule has 0 atom stereocenters. The van der Waals surface area contributed by atoms with Crippen LogP contribution in [0.1, 0.15) is 181 Å². The van der Waals surface area contributed by atoms with Crippen molar-refractivity contribution < 1.29 is 18.8 Å². The molecule has 0 heterocycles. The highest BCUT2D eigenvalue weighted by Crippen LogP contribution is 2.14. The lowest BCUT2D eigenvalue weighted by molar-refractivity contribution is -0.870. The molecule has 5 nitrogen and oxygen atoms in total. The summed E-state index contributed by atoms with van der Waals surface area (Å²) in [5.74, 6) is 0.131. The molecule has 0 aromatic heterocycles. The Hall–Kier alpha value is -1.10. The van der Waals surface area contributed by atoms with E-state index in [2.05, 4.69) is 35.0 Å². The molecule has 0 saturated heterocycles. The number of ether oxygens (including phenoxy) is 1. The maximum absolute atomic E-state index is 13.0. The monoisotopic (exact) mass is 596 g/mol. The number of amides is 1. The molecule has 0 unspecified atom stereocenters. The topological polar surface area (TPSA) is 46.6 Å². The smallest absolute Gasteiger partial charge is 0.305 e. The molecule has 0 radical (unpaired) electrons. The summed E-state index contributed by atoms with van der Waals surface area (Å²) in [6.45, 7) is 7.28. The first-order valence-corrected chi connectivity index (χ1v) is 18.5. The zero-order valence-electron chi connectivity index (χ0n) is 29.3. The number of esters is 1. The van der Waals surface area contributed by atoms with E-state index in [-0.39, 0.29) is 11.9 Å². The fraction of sp³-hybridized carbons (Fsp3) is 0.946. The van der Waals surface area contributed by atoms with Crippen LogP contribution in [0.4, 0.5) is 0 Å². The van der Waals surface area contributed by atoms with Crippen LogP contribution < -0.4 is 0 Å². The zero-order chi connectivity index (χ0) is 31.2. The first-order chi connectivity index (χ1) is 20.3. The van der Waals surface area contributed by atoms with Gasteiger partial charge in [-0.2, -0.15) is 0 Å². The average molecular weight is 596 g/mol. The molecule has 0 rings (SSSR count). The summed E-state index contributed by atoms with van der Waals surface area (Å²) in [6, 6.07) is 0. The second kappa shape index (κ2) is 29.9. The zero-order valence-corrected chi connectivity index (χ0v) is 29.3. The fourth-order valence-corrected chi connectivity index (χ4v) is 5.62. The first kappa shape index (κ1) is 40.9. The molecule has 0 aliphatic heterocycles. The summed E-state index contributed by atoms with van der Waals surface area (Å²) < 4.78 is 6.50. The lowest BCUT2D eigenvalue weighted by Gasteiger charge is -2.26. The van der Waals surface area contributed by atoms with Gasteiger partial charge in [-0.05, 0) is 25.7 Å². The number of unbranched alkanes of at least 4 members (excludes halogenated alkanes) is 21. The molecule has 0 aliphatic rings. The van der Waals surface area contributed by atoms with Crippen LogP contribution in [-0.4, -0.2) is 68.6 Å². The third-order valence-corrected chi connectivity index (χ3v) is 8.46. The summed E-state index contributed by atoms with van der Waals surface area (Å²) >= 11 is 0. The quantitative estimate of drug-likeness (QED) is 0.0441. The van der Waals surface area contributed by atoms with Gasteiger partial charge in [-0.3, -0.25) is 9.59 Å². The summed E-state index contributed by atoms with van der Waals surface area (Å²) in [7, 11) is 6.64. The first-order valence-electron chi connectivity index (χ1n) is 18.5. The van der Waals surface area contributed by atoms with E-state index in [0.717, 1.165) is 56.1 Å². The second-order valence-corrected chi connectivity index (χ2v) is 13.9. The van der Waals surface area contributed by atoms with Crippen LogP contribution in [0.5, 0.6) is 0 Å². The van der Waals surface area contributed by atoms with Gasteiger partial charge in [0.05, 0.1) is 34.2 Å². The molecular formula is C37H75N2O3+. The SMILES string of the molecule is CCCCCCCCCCCCCC(=O)OCCN(CCCC[N+](C)(C)C)C(=O)CCCCCCCCCCCCC. The highest BCUT2D eigenvalue weighted by atomic mass is 16.5. The minimum absolute atomic E-state index is 0.103. The highest BCUT2D eigenvalue weighted by Gasteiger charge is 2.15. The fourth-order valence-electron chi connectivity index (χ4n) is 5.62. The molecule has 1 amide bonds. The largest absolute Gasteiger partial charge is 0.464 e. The Morgan fingerprint density at radius 2 is 0.905 bits per heavy atom. The minimum Gasteiger partial charge on any atom is -0.464 e.